The van der Waals surface area contributed by atoms with Crippen molar-refractivity contribution in [2.45, 2.75) is 16.7 Å². The fourth-order valence-electron chi connectivity index (χ4n) is 2.70. The van der Waals surface area contributed by atoms with Gasteiger partial charge in [0, 0.05) is 19.0 Å². The summed E-state index contributed by atoms with van der Waals surface area (Å²) in [5.74, 6) is -0.308. The van der Waals surface area contributed by atoms with Crippen molar-refractivity contribution < 1.29 is 9.13 Å². The lowest BCUT2D eigenvalue weighted by Crippen LogP contribution is -2.05. The maximum atomic E-state index is 13.7. The fraction of sp³-hybridized carbons (Fsp3) is 0.167. The number of para-hydroxylation sites is 2. The number of ether oxygens (including phenoxy) is 1. The highest BCUT2D eigenvalue weighted by Crippen LogP contribution is 2.33. The number of aromatic nitrogens is 4. The Morgan fingerprint density at radius 1 is 1.12 bits per heavy atom. The first-order valence-corrected chi connectivity index (χ1v) is 8.60. The van der Waals surface area contributed by atoms with E-state index in [1.807, 2.05) is 24.3 Å². The van der Waals surface area contributed by atoms with E-state index in [-0.39, 0.29) is 5.82 Å². The van der Waals surface area contributed by atoms with Crippen LogP contribution in [0.4, 0.5) is 4.39 Å². The van der Waals surface area contributed by atoms with Crippen LogP contribution in [0.15, 0.2) is 59.0 Å². The minimum Gasteiger partial charge on any atom is -0.383 e. The van der Waals surface area contributed by atoms with Crippen molar-refractivity contribution in [3.05, 3.63) is 54.6 Å². The van der Waals surface area contributed by atoms with E-state index in [4.69, 9.17) is 9.72 Å². The van der Waals surface area contributed by atoms with Gasteiger partial charge in [0.25, 0.3) is 0 Å². The number of hydrogen-bond donors (Lipinski definition) is 0. The maximum Gasteiger partial charge on any atom is 0.175 e. The van der Waals surface area contributed by atoms with Crippen LogP contribution in [-0.4, -0.2) is 33.2 Å². The molecular weight excluding hydrogens is 339 g/mol. The average Bonchev–Trinajstić information content (AvgIpc) is 2.97. The van der Waals surface area contributed by atoms with Gasteiger partial charge in [0.1, 0.15) is 17.2 Å². The first-order chi connectivity index (χ1) is 12.3. The summed E-state index contributed by atoms with van der Waals surface area (Å²) >= 11 is 1.41. The van der Waals surface area contributed by atoms with E-state index in [1.54, 1.807) is 13.2 Å². The van der Waals surface area contributed by atoms with Crippen molar-refractivity contribution in [3.8, 4) is 0 Å². The summed E-state index contributed by atoms with van der Waals surface area (Å²) in [6, 6.07) is 12.5. The Morgan fingerprint density at radius 3 is 2.88 bits per heavy atom. The zero-order chi connectivity index (χ0) is 17.2. The van der Waals surface area contributed by atoms with Crippen LogP contribution in [0, 0.1) is 5.82 Å². The lowest BCUT2D eigenvalue weighted by Gasteiger charge is -2.09. The molecule has 2 heterocycles. The van der Waals surface area contributed by atoms with Crippen molar-refractivity contribution in [1.82, 2.24) is 19.5 Å². The van der Waals surface area contributed by atoms with E-state index in [1.165, 1.54) is 30.2 Å². The number of hydrogen-bond acceptors (Lipinski definition) is 5. The van der Waals surface area contributed by atoms with Gasteiger partial charge in [-0.05, 0) is 42.1 Å². The maximum absolute atomic E-state index is 13.7. The number of imidazole rings is 1. The van der Waals surface area contributed by atoms with Gasteiger partial charge < -0.3 is 9.30 Å². The highest BCUT2D eigenvalue weighted by atomic mass is 32.2. The summed E-state index contributed by atoms with van der Waals surface area (Å²) in [6.07, 6.45) is 1.49. The first-order valence-electron chi connectivity index (χ1n) is 7.78. The Morgan fingerprint density at radius 2 is 2.00 bits per heavy atom. The molecular formula is C18H15FN4OS. The largest absolute Gasteiger partial charge is 0.383 e. The molecule has 0 N–H and O–H groups in total. The molecule has 25 heavy (non-hydrogen) atoms. The number of methoxy groups -OCH3 is 1. The molecule has 0 aliphatic carbocycles. The normalized spacial score (nSPS) is 11.4. The number of halogens is 1. The SMILES string of the molecule is COCCn1c(Sc2ncnc3ccc(F)cc23)nc2ccccc21. The first kappa shape index (κ1) is 16.0. The molecule has 0 amide bonds. The number of nitrogens with zero attached hydrogens (tertiary/aromatic N) is 4. The van der Waals surface area contributed by atoms with Crippen LogP contribution >= 0.6 is 11.8 Å². The summed E-state index contributed by atoms with van der Waals surface area (Å²) in [6.45, 7) is 1.25. The van der Waals surface area contributed by atoms with E-state index < -0.39 is 0 Å². The monoisotopic (exact) mass is 354 g/mol. The Labute approximate surface area is 147 Å². The van der Waals surface area contributed by atoms with Crippen LogP contribution in [0.2, 0.25) is 0 Å². The molecule has 2 aromatic carbocycles. The summed E-state index contributed by atoms with van der Waals surface area (Å²) in [4.78, 5) is 13.2. The third-order valence-corrected chi connectivity index (χ3v) is 4.90. The molecule has 0 unspecified atom stereocenters. The van der Waals surface area contributed by atoms with Gasteiger partial charge in [0.15, 0.2) is 5.16 Å². The minimum atomic E-state index is -0.308. The summed E-state index contributed by atoms with van der Waals surface area (Å²) in [5, 5.41) is 2.15. The molecule has 7 heteroatoms. The topological polar surface area (TPSA) is 52.8 Å². The predicted molar refractivity (Wildman–Crippen MR) is 95.2 cm³/mol. The van der Waals surface area contributed by atoms with Crippen LogP contribution < -0.4 is 0 Å². The summed E-state index contributed by atoms with van der Waals surface area (Å²) < 4.78 is 21.0. The third kappa shape index (κ3) is 3.08. The smallest absolute Gasteiger partial charge is 0.175 e. The van der Waals surface area contributed by atoms with Crippen molar-refractivity contribution in [1.29, 1.82) is 0 Å². The van der Waals surface area contributed by atoms with E-state index in [2.05, 4.69) is 14.5 Å². The van der Waals surface area contributed by atoms with Gasteiger partial charge in [0.05, 0.1) is 23.2 Å². The van der Waals surface area contributed by atoms with Crippen molar-refractivity contribution in [2.24, 2.45) is 0 Å². The molecule has 4 aromatic rings. The molecule has 0 spiro atoms. The third-order valence-electron chi connectivity index (χ3n) is 3.89. The van der Waals surface area contributed by atoms with Gasteiger partial charge in [-0.25, -0.2) is 19.3 Å². The number of fused-ring (bicyclic) bond motifs is 2. The summed E-state index contributed by atoms with van der Waals surface area (Å²) in [5.41, 5.74) is 2.65. The molecule has 0 saturated carbocycles. The zero-order valence-electron chi connectivity index (χ0n) is 13.5. The molecule has 0 aliphatic heterocycles. The van der Waals surface area contributed by atoms with Crippen LogP contribution in [0.25, 0.3) is 21.9 Å². The Bertz CT molecular complexity index is 1050. The second-order valence-corrected chi connectivity index (χ2v) is 6.43. The van der Waals surface area contributed by atoms with Crippen LogP contribution in [0.5, 0.6) is 0 Å². The average molecular weight is 354 g/mol. The zero-order valence-corrected chi connectivity index (χ0v) is 14.3. The fourth-order valence-corrected chi connectivity index (χ4v) is 3.69. The quantitative estimate of drug-likeness (QED) is 0.509. The number of benzene rings is 2. The van der Waals surface area contributed by atoms with E-state index in [9.17, 15) is 4.39 Å². The molecule has 0 atom stereocenters. The lowest BCUT2D eigenvalue weighted by molar-refractivity contribution is 0.186. The van der Waals surface area contributed by atoms with Gasteiger partial charge in [0.2, 0.25) is 0 Å². The van der Waals surface area contributed by atoms with Crippen LogP contribution in [0.3, 0.4) is 0 Å². The van der Waals surface area contributed by atoms with E-state index in [0.717, 1.165) is 16.2 Å². The number of rotatable bonds is 5. The van der Waals surface area contributed by atoms with Crippen molar-refractivity contribution in [3.63, 3.8) is 0 Å². The molecule has 2 aromatic heterocycles. The molecule has 0 bridgehead atoms. The molecule has 0 saturated heterocycles. The van der Waals surface area contributed by atoms with Gasteiger partial charge >= 0.3 is 0 Å². The highest BCUT2D eigenvalue weighted by molar-refractivity contribution is 7.99. The van der Waals surface area contributed by atoms with E-state index >= 15 is 0 Å². The van der Waals surface area contributed by atoms with Gasteiger partial charge in [-0.1, -0.05) is 12.1 Å². The van der Waals surface area contributed by atoms with Crippen LogP contribution in [0.1, 0.15) is 0 Å². The Kier molecular flexibility index (Phi) is 4.33. The second kappa shape index (κ2) is 6.78. The van der Waals surface area contributed by atoms with E-state index in [0.29, 0.717) is 29.1 Å². The van der Waals surface area contributed by atoms with Gasteiger partial charge in [-0.2, -0.15) is 0 Å². The molecule has 0 radical (unpaired) electrons. The predicted octanol–water partition coefficient (Wildman–Crippen LogP) is 3.92. The molecule has 0 fully saturated rings. The molecule has 5 nitrogen and oxygen atoms in total. The van der Waals surface area contributed by atoms with Gasteiger partial charge in [-0.3, -0.25) is 0 Å². The molecule has 4 rings (SSSR count). The Hall–Kier alpha value is -2.51. The van der Waals surface area contributed by atoms with Crippen molar-refractivity contribution >= 4 is 33.7 Å². The van der Waals surface area contributed by atoms with Crippen LogP contribution in [-0.2, 0) is 11.3 Å². The Balaban J connectivity index is 1.82. The highest BCUT2D eigenvalue weighted by Gasteiger charge is 2.14. The second-order valence-electron chi connectivity index (χ2n) is 5.47. The van der Waals surface area contributed by atoms with Crippen molar-refractivity contribution in [2.75, 3.05) is 13.7 Å². The standard InChI is InChI=1S/C18H15FN4OS/c1-24-9-8-23-16-5-3-2-4-15(16)22-18(23)25-17-13-10-12(19)6-7-14(13)20-11-21-17/h2-7,10-11H,8-9H2,1H3. The molecule has 0 aliphatic rings. The minimum absolute atomic E-state index is 0.308. The molecule has 126 valence electrons. The van der Waals surface area contributed by atoms with Gasteiger partial charge in [-0.15, -0.1) is 0 Å². The lowest BCUT2D eigenvalue weighted by atomic mass is 10.2. The summed E-state index contributed by atoms with van der Waals surface area (Å²) in [7, 11) is 1.67.